The highest BCUT2D eigenvalue weighted by Gasteiger charge is 2.17. The van der Waals surface area contributed by atoms with E-state index in [4.69, 9.17) is 16.3 Å². The lowest BCUT2D eigenvalue weighted by atomic mass is 10.1. The SMILES string of the molecule is Cc1ccc(C(=O)Nc2cc(Cl)ccc2N2CCOCC2)cc1F. The van der Waals surface area contributed by atoms with Crippen LogP contribution in [0, 0.1) is 12.7 Å². The fourth-order valence-electron chi connectivity index (χ4n) is 2.62. The van der Waals surface area contributed by atoms with Gasteiger partial charge < -0.3 is 15.0 Å². The number of hydrogen-bond donors (Lipinski definition) is 1. The summed E-state index contributed by atoms with van der Waals surface area (Å²) in [6, 6.07) is 9.79. The third-order valence-electron chi connectivity index (χ3n) is 3.99. The van der Waals surface area contributed by atoms with E-state index in [0.717, 1.165) is 18.8 Å². The molecule has 126 valence electrons. The average molecular weight is 349 g/mol. The molecule has 24 heavy (non-hydrogen) atoms. The second-order valence-electron chi connectivity index (χ2n) is 5.68. The van der Waals surface area contributed by atoms with Crippen molar-refractivity contribution in [1.29, 1.82) is 0 Å². The monoisotopic (exact) mass is 348 g/mol. The number of carbonyl (C=O) groups is 1. The number of aryl methyl sites for hydroxylation is 1. The van der Waals surface area contributed by atoms with Crippen LogP contribution in [0.5, 0.6) is 0 Å². The Kier molecular flexibility index (Phi) is 5.02. The largest absolute Gasteiger partial charge is 0.378 e. The van der Waals surface area contributed by atoms with Gasteiger partial charge in [0.25, 0.3) is 5.91 Å². The summed E-state index contributed by atoms with van der Waals surface area (Å²) in [5.74, 6) is -0.771. The van der Waals surface area contributed by atoms with Crippen LogP contribution in [-0.4, -0.2) is 32.2 Å². The first-order chi connectivity index (χ1) is 11.5. The second kappa shape index (κ2) is 7.20. The van der Waals surface area contributed by atoms with E-state index in [0.29, 0.717) is 29.5 Å². The number of morpholine rings is 1. The average Bonchev–Trinajstić information content (AvgIpc) is 2.58. The maximum atomic E-state index is 13.7. The van der Waals surface area contributed by atoms with Crippen LogP contribution in [0.1, 0.15) is 15.9 Å². The van der Waals surface area contributed by atoms with Gasteiger partial charge in [-0.1, -0.05) is 17.7 Å². The minimum absolute atomic E-state index is 0.269. The summed E-state index contributed by atoms with van der Waals surface area (Å²) in [6.45, 7) is 4.41. The number of rotatable bonds is 3. The highest BCUT2D eigenvalue weighted by Crippen LogP contribution is 2.30. The van der Waals surface area contributed by atoms with Crippen molar-refractivity contribution in [2.45, 2.75) is 6.92 Å². The normalized spacial score (nSPS) is 14.5. The minimum Gasteiger partial charge on any atom is -0.378 e. The number of anilines is 2. The molecule has 0 atom stereocenters. The lowest BCUT2D eigenvalue weighted by Crippen LogP contribution is -2.36. The molecule has 1 heterocycles. The summed E-state index contributed by atoms with van der Waals surface area (Å²) in [5, 5.41) is 3.36. The van der Waals surface area contributed by atoms with E-state index < -0.39 is 5.82 Å². The Balaban J connectivity index is 1.86. The summed E-state index contributed by atoms with van der Waals surface area (Å²) in [5.41, 5.74) is 2.26. The van der Waals surface area contributed by atoms with Gasteiger partial charge in [0, 0.05) is 23.7 Å². The Morgan fingerprint density at radius 1 is 1.21 bits per heavy atom. The first-order valence-electron chi connectivity index (χ1n) is 7.74. The van der Waals surface area contributed by atoms with Crippen molar-refractivity contribution in [3.8, 4) is 0 Å². The number of nitrogens with one attached hydrogen (secondary N) is 1. The van der Waals surface area contributed by atoms with Crippen LogP contribution in [0.3, 0.4) is 0 Å². The Hall–Kier alpha value is -2.11. The molecule has 1 fully saturated rings. The smallest absolute Gasteiger partial charge is 0.255 e. The van der Waals surface area contributed by atoms with Crippen LogP contribution in [0.2, 0.25) is 5.02 Å². The van der Waals surface area contributed by atoms with Crippen LogP contribution in [0.4, 0.5) is 15.8 Å². The van der Waals surface area contributed by atoms with E-state index in [-0.39, 0.29) is 11.5 Å². The standard InChI is InChI=1S/C18H18ClFN2O2/c1-12-2-3-13(10-15(12)20)18(23)21-16-11-14(19)4-5-17(16)22-6-8-24-9-7-22/h2-5,10-11H,6-9H2,1H3,(H,21,23). The summed E-state index contributed by atoms with van der Waals surface area (Å²) in [7, 11) is 0. The molecule has 0 saturated carbocycles. The summed E-state index contributed by atoms with van der Waals surface area (Å²) in [6.07, 6.45) is 0. The van der Waals surface area contributed by atoms with Crippen LogP contribution in [0.25, 0.3) is 0 Å². The first-order valence-corrected chi connectivity index (χ1v) is 8.12. The van der Waals surface area contributed by atoms with Gasteiger partial charge in [-0.05, 0) is 42.8 Å². The molecule has 4 nitrogen and oxygen atoms in total. The van der Waals surface area contributed by atoms with Gasteiger partial charge in [0.2, 0.25) is 0 Å². The van der Waals surface area contributed by atoms with Gasteiger partial charge in [0.15, 0.2) is 0 Å². The maximum absolute atomic E-state index is 13.7. The molecule has 0 spiro atoms. The quantitative estimate of drug-likeness (QED) is 0.915. The topological polar surface area (TPSA) is 41.6 Å². The van der Waals surface area contributed by atoms with Crippen molar-refractivity contribution in [1.82, 2.24) is 0 Å². The van der Waals surface area contributed by atoms with Crippen LogP contribution in [-0.2, 0) is 4.74 Å². The molecular formula is C18H18ClFN2O2. The highest BCUT2D eigenvalue weighted by molar-refractivity contribution is 6.31. The van der Waals surface area contributed by atoms with Crippen molar-refractivity contribution in [3.63, 3.8) is 0 Å². The molecule has 0 radical (unpaired) electrons. The molecule has 0 aliphatic carbocycles. The zero-order valence-electron chi connectivity index (χ0n) is 13.3. The van der Waals surface area contributed by atoms with E-state index in [2.05, 4.69) is 10.2 Å². The third-order valence-corrected chi connectivity index (χ3v) is 4.23. The van der Waals surface area contributed by atoms with E-state index in [1.807, 2.05) is 6.07 Å². The molecular weight excluding hydrogens is 331 g/mol. The van der Waals surface area contributed by atoms with Gasteiger partial charge in [-0.15, -0.1) is 0 Å². The van der Waals surface area contributed by atoms with Gasteiger partial charge in [-0.2, -0.15) is 0 Å². The van der Waals surface area contributed by atoms with Crippen molar-refractivity contribution >= 4 is 28.9 Å². The molecule has 3 rings (SSSR count). The number of carbonyl (C=O) groups excluding carboxylic acids is 1. The lowest BCUT2D eigenvalue weighted by Gasteiger charge is -2.30. The molecule has 2 aromatic carbocycles. The summed E-state index contributed by atoms with van der Waals surface area (Å²) in [4.78, 5) is 14.6. The number of halogens is 2. The van der Waals surface area contributed by atoms with E-state index in [9.17, 15) is 9.18 Å². The molecule has 2 aromatic rings. The van der Waals surface area contributed by atoms with Gasteiger partial charge in [0.1, 0.15) is 5.82 Å². The van der Waals surface area contributed by atoms with Crippen molar-refractivity contribution in [3.05, 3.63) is 58.4 Å². The number of benzene rings is 2. The number of amides is 1. The highest BCUT2D eigenvalue weighted by atomic mass is 35.5. The number of hydrogen-bond acceptors (Lipinski definition) is 3. The van der Waals surface area contributed by atoms with Gasteiger partial charge >= 0.3 is 0 Å². The molecule has 0 aromatic heterocycles. The fourth-order valence-corrected chi connectivity index (χ4v) is 2.79. The van der Waals surface area contributed by atoms with Crippen molar-refractivity contribution in [2.24, 2.45) is 0 Å². The lowest BCUT2D eigenvalue weighted by molar-refractivity contribution is 0.102. The first kappa shape index (κ1) is 16.7. The van der Waals surface area contributed by atoms with E-state index in [1.165, 1.54) is 6.07 Å². The molecule has 0 bridgehead atoms. The van der Waals surface area contributed by atoms with Crippen LogP contribution in [0.15, 0.2) is 36.4 Å². The zero-order valence-corrected chi connectivity index (χ0v) is 14.1. The van der Waals surface area contributed by atoms with E-state index >= 15 is 0 Å². The molecule has 1 aliphatic heterocycles. The molecule has 0 unspecified atom stereocenters. The molecule has 1 N–H and O–H groups in total. The Bertz CT molecular complexity index is 761. The molecule has 1 saturated heterocycles. The molecule has 1 aliphatic rings. The molecule has 1 amide bonds. The Morgan fingerprint density at radius 2 is 1.96 bits per heavy atom. The van der Waals surface area contributed by atoms with Crippen molar-refractivity contribution in [2.75, 3.05) is 36.5 Å². The van der Waals surface area contributed by atoms with Gasteiger partial charge in [0.05, 0.1) is 24.6 Å². The number of nitrogens with zero attached hydrogens (tertiary/aromatic N) is 1. The van der Waals surface area contributed by atoms with Gasteiger partial charge in [-0.3, -0.25) is 4.79 Å². The second-order valence-corrected chi connectivity index (χ2v) is 6.12. The Morgan fingerprint density at radius 3 is 2.67 bits per heavy atom. The van der Waals surface area contributed by atoms with Crippen LogP contribution < -0.4 is 10.2 Å². The maximum Gasteiger partial charge on any atom is 0.255 e. The third kappa shape index (κ3) is 3.68. The zero-order chi connectivity index (χ0) is 17.1. The van der Waals surface area contributed by atoms with Crippen molar-refractivity contribution < 1.29 is 13.9 Å². The van der Waals surface area contributed by atoms with Gasteiger partial charge in [-0.25, -0.2) is 4.39 Å². The predicted molar refractivity (Wildman–Crippen MR) is 93.6 cm³/mol. The van der Waals surface area contributed by atoms with E-state index in [1.54, 1.807) is 31.2 Å². The minimum atomic E-state index is -0.401. The van der Waals surface area contributed by atoms with Crippen LogP contribution >= 0.6 is 11.6 Å². The molecule has 6 heteroatoms. The summed E-state index contributed by atoms with van der Waals surface area (Å²) < 4.78 is 19.1. The Labute approximate surface area is 145 Å². The predicted octanol–water partition coefficient (Wildman–Crippen LogP) is 3.88. The fraction of sp³-hybridized carbons (Fsp3) is 0.278. The number of ether oxygens (including phenoxy) is 1. The summed E-state index contributed by atoms with van der Waals surface area (Å²) >= 11 is 6.08.